The van der Waals surface area contributed by atoms with Gasteiger partial charge in [0.2, 0.25) is 5.91 Å². The molecule has 3 aromatic rings. The molecule has 0 radical (unpaired) electrons. The lowest BCUT2D eigenvalue weighted by molar-refractivity contribution is -0.138. The van der Waals surface area contributed by atoms with Gasteiger partial charge < -0.3 is 19.4 Å². The molecule has 0 atom stereocenters. The zero-order chi connectivity index (χ0) is 26.7. The average Bonchev–Trinajstić information content (AvgIpc) is 2.97. The van der Waals surface area contributed by atoms with Gasteiger partial charge in [-0.25, -0.2) is 4.98 Å². The van der Waals surface area contributed by atoms with E-state index in [1.54, 1.807) is 7.11 Å². The Hall–Kier alpha value is -3.89. The summed E-state index contributed by atoms with van der Waals surface area (Å²) in [6.45, 7) is 3.59. The van der Waals surface area contributed by atoms with E-state index in [4.69, 9.17) is 4.74 Å². The number of nitrogens with zero attached hydrogens (tertiary/aromatic N) is 6. The quantitative estimate of drug-likeness (QED) is 0.495. The van der Waals surface area contributed by atoms with Crippen LogP contribution in [0, 0.1) is 5.92 Å². The van der Waals surface area contributed by atoms with Crippen molar-refractivity contribution < 1.29 is 22.7 Å². The van der Waals surface area contributed by atoms with Gasteiger partial charge in [-0.2, -0.15) is 13.2 Å². The average molecular weight is 527 g/mol. The summed E-state index contributed by atoms with van der Waals surface area (Å²) in [7, 11) is 1.63. The number of piperazine rings is 1. The number of aromatic nitrogens is 3. The van der Waals surface area contributed by atoms with Gasteiger partial charge in [-0.3, -0.25) is 4.79 Å². The first kappa shape index (κ1) is 25.7. The second-order valence-electron chi connectivity index (χ2n) is 9.48. The highest BCUT2D eigenvalue weighted by Crippen LogP contribution is 2.30. The van der Waals surface area contributed by atoms with Gasteiger partial charge in [-0.1, -0.05) is 0 Å². The molecule has 5 rings (SSSR count). The summed E-state index contributed by atoms with van der Waals surface area (Å²) < 4.78 is 43.6. The maximum Gasteiger partial charge on any atom is 0.417 e. The molecular weight excluding hydrogens is 497 g/mol. The third kappa shape index (κ3) is 5.66. The van der Waals surface area contributed by atoms with E-state index >= 15 is 0 Å². The second-order valence-corrected chi connectivity index (χ2v) is 9.48. The third-order valence-corrected chi connectivity index (χ3v) is 7.19. The number of benzene rings is 1. The fraction of sp³-hybridized carbons (Fsp3) is 0.407. The number of hydrogen-bond donors (Lipinski definition) is 0. The molecule has 2 saturated heterocycles. The van der Waals surface area contributed by atoms with E-state index in [0.29, 0.717) is 32.0 Å². The number of alkyl halides is 3. The summed E-state index contributed by atoms with van der Waals surface area (Å²) in [6, 6.07) is 14.0. The number of carbonyl (C=O) groups excluding carboxylic acids is 1. The Bertz CT molecular complexity index is 1220. The predicted octanol–water partition coefficient (Wildman–Crippen LogP) is 4.13. The zero-order valence-corrected chi connectivity index (χ0v) is 21.1. The normalized spacial score (nSPS) is 17.0. The van der Waals surface area contributed by atoms with Crippen LogP contribution in [-0.4, -0.2) is 72.4 Å². The third-order valence-electron chi connectivity index (χ3n) is 7.19. The van der Waals surface area contributed by atoms with Crippen LogP contribution in [0.25, 0.3) is 11.3 Å². The van der Waals surface area contributed by atoms with Crippen molar-refractivity contribution in [2.24, 2.45) is 5.92 Å². The van der Waals surface area contributed by atoms with Gasteiger partial charge in [-0.15, -0.1) is 10.2 Å². The van der Waals surface area contributed by atoms with Gasteiger partial charge in [0.15, 0.2) is 5.82 Å². The number of halogens is 3. The van der Waals surface area contributed by atoms with Crippen molar-refractivity contribution in [3.05, 3.63) is 60.3 Å². The molecule has 0 aliphatic carbocycles. The highest BCUT2D eigenvalue weighted by Gasteiger charge is 2.33. The van der Waals surface area contributed by atoms with Crippen LogP contribution in [0.4, 0.5) is 24.8 Å². The van der Waals surface area contributed by atoms with E-state index in [0.717, 1.165) is 61.0 Å². The van der Waals surface area contributed by atoms with E-state index in [-0.39, 0.29) is 11.8 Å². The predicted molar refractivity (Wildman–Crippen MR) is 137 cm³/mol. The summed E-state index contributed by atoms with van der Waals surface area (Å²) in [5.41, 5.74) is 0.982. The topological polar surface area (TPSA) is 74.7 Å². The van der Waals surface area contributed by atoms with E-state index in [9.17, 15) is 18.0 Å². The van der Waals surface area contributed by atoms with Crippen molar-refractivity contribution in [2.75, 3.05) is 56.2 Å². The molecule has 4 heterocycles. The molecule has 0 unspecified atom stereocenters. The molecular formula is C27H29F3N6O2. The molecule has 0 spiro atoms. The Labute approximate surface area is 219 Å². The van der Waals surface area contributed by atoms with Crippen LogP contribution >= 0.6 is 0 Å². The van der Waals surface area contributed by atoms with Crippen LogP contribution in [0.2, 0.25) is 0 Å². The highest BCUT2D eigenvalue weighted by atomic mass is 19.4. The summed E-state index contributed by atoms with van der Waals surface area (Å²) in [6.07, 6.45) is -2.07. The number of rotatable bonds is 5. The van der Waals surface area contributed by atoms with Crippen molar-refractivity contribution in [3.8, 4) is 17.0 Å². The maximum atomic E-state index is 13.2. The number of methoxy groups -OCH3 is 1. The molecule has 38 heavy (non-hydrogen) atoms. The molecule has 200 valence electrons. The standard InChI is InChI=1S/C27H29F3N6O2/c1-38-22-5-2-19(3-6-22)23-7-9-25(33-32-23)34-12-10-20(11-13-34)26(37)36-16-14-35(15-17-36)24-8-4-21(18-31-24)27(28,29)30/h2-9,18,20H,10-17H2,1H3. The molecule has 11 heteroatoms. The molecule has 0 saturated carbocycles. The lowest BCUT2D eigenvalue weighted by atomic mass is 9.95. The van der Waals surface area contributed by atoms with E-state index in [2.05, 4.69) is 20.1 Å². The van der Waals surface area contributed by atoms with Crippen LogP contribution in [0.3, 0.4) is 0 Å². The summed E-state index contributed by atoms with van der Waals surface area (Å²) >= 11 is 0. The SMILES string of the molecule is COc1ccc(-c2ccc(N3CCC(C(=O)N4CCN(c5ccc(C(F)(F)F)cn5)CC4)CC3)nn2)cc1. The summed E-state index contributed by atoms with van der Waals surface area (Å²) in [5, 5.41) is 8.80. The highest BCUT2D eigenvalue weighted by molar-refractivity contribution is 5.79. The Kier molecular flexibility index (Phi) is 7.35. The van der Waals surface area contributed by atoms with E-state index < -0.39 is 11.7 Å². The molecule has 2 aliphatic heterocycles. The number of amides is 1. The van der Waals surface area contributed by atoms with Gasteiger partial charge in [0.05, 0.1) is 18.4 Å². The van der Waals surface area contributed by atoms with Crippen molar-refractivity contribution in [1.82, 2.24) is 20.1 Å². The van der Waals surface area contributed by atoms with Gasteiger partial charge in [0, 0.05) is 56.9 Å². The van der Waals surface area contributed by atoms with E-state index in [1.807, 2.05) is 46.2 Å². The van der Waals surface area contributed by atoms with Crippen molar-refractivity contribution in [2.45, 2.75) is 19.0 Å². The smallest absolute Gasteiger partial charge is 0.417 e. The van der Waals surface area contributed by atoms with Crippen LogP contribution in [0.5, 0.6) is 5.75 Å². The maximum absolute atomic E-state index is 13.2. The molecule has 2 fully saturated rings. The Morgan fingerprint density at radius 3 is 2.05 bits per heavy atom. The van der Waals surface area contributed by atoms with Crippen LogP contribution < -0.4 is 14.5 Å². The van der Waals surface area contributed by atoms with Gasteiger partial charge in [0.25, 0.3) is 0 Å². The molecule has 2 aromatic heterocycles. The summed E-state index contributed by atoms with van der Waals surface area (Å²) in [4.78, 5) is 23.1. The fourth-order valence-corrected chi connectivity index (χ4v) is 4.92. The molecule has 0 bridgehead atoms. The minimum atomic E-state index is -4.40. The number of carbonyl (C=O) groups is 1. The Morgan fingerprint density at radius 1 is 0.842 bits per heavy atom. The van der Waals surface area contributed by atoms with Gasteiger partial charge >= 0.3 is 6.18 Å². The molecule has 0 N–H and O–H groups in total. The van der Waals surface area contributed by atoms with Crippen LogP contribution in [-0.2, 0) is 11.0 Å². The Balaban J connectivity index is 1.10. The summed E-state index contributed by atoms with van der Waals surface area (Å²) in [5.74, 6) is 2.18. The monoisotopic (exact) mass is 526 g/mol. The van der Waals surface area contributed by atoms with Gasteiger partial charge in [0.1, 0.15) is 11.6 Å². The zero-order valence-electron chi connectivity index (χ0n) is 21.1. The van der Waals surface area contributed by atoms with Crippen molar-refractivity contribution in [1.29, 1.82) is 0 Å². The number of hydrogen-bond acceptors (Lipinski definition) is 7. The number of pyridine rings is 1. The second kappa shape index (κ2) is 10.8. The van der Waals surface area contributed by atoms with Crippen LogP contribution in [0.15, 0.2) is 54.7 Å². The molecule has 1 amide bonds. The van der Waals surface area contributed by atoms with Gasteiger partial charge in [-0.05, 0) is 61.4 Å². The first-order chi connectivity index (χ1) is 18.3. The van der Waals surface area contributed by atoms with Crippen molar-refractivity contribution >= 4 is 17.5 Å². The van der Waals surface area contributed by atoms with Crippen LogP contribution in [0.1, 0.15) is 18.4 Å². The van der Waals surface area contributed by atoms with E-state index in [1.165, 1.54) is 6.07 Å². The first-order valence-electron chi connectivity index (χ1n) is 12.6. The molecule has 2 aliphatic rings. The minimum absolute atomic E-state index is 0.0477. The largest absolute Gasteiger partial charge is 0.497 e. The molecule has 1 aromatic carbocycles. The fourth-order valence-electron chi connectivity index (χ4n) is 4.92. The molecule has 8 nitrogen and oxygen atoms in total. The lowest BCUT2D eigenvalue weighted by Gasteiger charge is -2.39. The Morgan fingerprint density at radius 2 is 1.50 bits per heavy atom. The van der Waals surface area contributed by atoms with Crippen molar-refractivity contribution in [3.63, 3.8) is 0 Å². The first-order valence-corrected chi connectivity index (χ1v) is 12.6. The number of piperidine rings is 1. The lowest BCUT2D eigenvalue weighted by Crippen LogP contribution is -2.52. The number of anilines is 2. The minimum Gasteiger partial charge on any atom is -0.497 e. The number of ether oxygens (including phenoxy) is 1.